The molecule has 0 amide bonds. The molecule has 9 nitrogen and oxygen atoms in total. The maximum atomic E-state index is 13.7. The molecule has 0 N–H and O–H groups in total. The minimum atomic E-state index is -4.86. The number of fused-ring (bicyclic) bond motifs is 1. The van der Waals surface area contributed by atoms with E-state index >= 15 is 0 Å². The molecule has 1 atom stereocenters. The summed E-state index contributed by atoms with van der Waals surface area (Å²) in [7, 11) is -3.98. The molecule has 1 fully saturated rings. The van der Waals surface area contributed by atoms with Gasteiger partial charge < -0.3 is 4.74 Å². The van der Waals surface area contributed by atoms with Crippen molar-refractivity contribution in [2.24, 2.45) is 0 Å². The summed E-state index contributed by atoms with van der Waals surface area (Å²) >= 11 is 0. The third-order valence-electron chi connectivity index (χ3n) is 4.73. The van der Waals surface area contributed by atoms with Crippen molar-refractivity contribution in [2.45, 2.75) is 36.8 Å². The average molecular weight is 452 g/mol. The largest absolute Gasteiger partial charge is 0.420 e. The van der Waals surface area contributed by atoms with E-state index in [1.807, 2.05) is 6.07 Å². The van der Waals surface area contributed by atoms with Gasteiger partial charge in [0.15, 0.2) is 11.9 Å². The number of halogens is 3. The highest BCUT2D eigenvalue weighted by Gasteiger charge is 2.38. The van der Waals surface area contributed by atoms with Gasteiger partial charge in [-0.2, -0.15) is 23.5 Å². The maximum Gasteiger partial charge on any atom is 0.420 e. The zero-order valence-electron chi connectivity index (χ0n) is 16.1. The van der Waals surface area contributed by atoms with Gasteiger partial charge in [-0.1, -0.05) is 0 Å². The van der Waals surface area contributed by atoms with Crippen molar-refractivity contribution in [3.63, 3.8) is 0 Å². The number of nitriles is 1. The normalized spacial score (nSPS) is 17.6. The molecular formula is C18H15F3N6O3S. The van der Waals surface area contributed by atoms with E-state index in [9.17, 15) is 26.9 Å². The topological polar surface area (TPSA) is 124 Å². The molecule has 31 heavy (non-hydrogen) atoms. The fourth-order valence-electron chi connectivity index (χ4n) is 3.30. The van der Waals surface area contributed by atoms with Crippen LogP contribution in [0.5, 0.6) is 0 Å². The van der Waals surface area contributed by atoms with E-state index in [1.165, 1.54) is 16.8 Å². The number of aromatic nitrogens is 5. The zero-order valence-corrected chi connectivity index (χ0v) is 16.9. The molecule has 1 unspecified atom stereocenters. The van der Waals surface area contributed by atoms with Crippen molar-refractivity contribution < 1.29 is 26.3 Å². The fourth-order valence-corrected chi connectivity index (χ4v) is 3.80. The molecule has 1 aliphatic heterocycles. The molecule has 0 aromatic carbocycles. The Morgan fingerprint density at radius 2 is 2.00 bits per heavy atom. The van der Waals surface area contributed by atoms with Gasteiger partial charge >= 0.3 is 6.18 Å². The van der Waals surface area contributed by atoms with Gasteiger partial charge in [0.2, 0.25) is 15.0 Å². The number of sulfone groups is 1. The van der Waals surface area contributed by atoms with Gasteiger partial charge in [0.05, 0.1) is 0 Å². The first kappa shape index (κ1) is 21.1. The van der Waals surface area contributed by atoms with E-state index < -0.39 is 38.7 Å². The number of nitrogens with zero attached hydrogens (tertiary/aromatic N) is 6. The van der Waals surface area contributed by atoms with Crippen molar-refractivity contribution in [3.05, 3.63) is 29.6 Å². The second-order valence-corrected chi connectivity index (χ2v) is 8.89. The van der Waals surface area contributed by atoms with Gasteiger partial charge in [0.1, 0.15) is 28.7 Å². The highest BCUT2D eigenvalue weighted by atomic mass is 32.2. The Morgan fingerprint density at radius 1 is 1.23 bits per heavy atom. The summed E-state index contributed by atoms with van der Waals surface area (Å²) in [6, 6.07) is 4.63. The van der Waals surface area contributed by atoms with E-state index in [0.717, 1.165) is 19.1 Å². The Kier molecular flexibility index (Phi) is 5.14. The van der Waals surface area contributed by atoms with E-state index in [0.29, 0.717) is 19.2 Å². The molecule has 3 aromatic rings. The second-order valence-electron chi connectivity index (χ2n) is 6.98. The molecule has 0 aliphatic carbocycles. The Labute approximate surface area is 174 Å². The van der Waals surface area contributed by atoms with Gasteiger partial charge in [-0.15, -0.1) is 0 Å². The minimum Gasteiger partial charge on any atom is -0.356 e. The first-order chi connectivity index (χ1) is 14.6. The summed E-state index contributed by atoms with van der Waals surface area (Å²) in [6.45, 7) is 0.443. The molecule has 3 aromatic heterocycles. The molecule has 1 saturated heterocycles. The highest BCUT2D eigenvalue weighted by Crippen LogP contribution is 2.39. The number of hydrogen-bond acceptors (Lipinski definition) is 8. The van der Waals surface area contributed by atoms with Crippen LogP contribution in [0, 0.1) is 11.3 Å². The Hall–Kier alpha value is -3.11. The van der Waals surface area contributed by atoms with Crippen molar-refractivity contribution in [2.75, 3.05) is 12.9 Å². The van der Waals surface area contributed by atoms with Crippen molar-refractivity contribution in [1.82, 2.24) is 24.7 Å². The molecule has 4 heterocycles. The van der Waals surface area contributed by atoms with Crippen LogP contribution in [0.4, 0.5) is 13.2 Å². The zero-order chi connectivity index (χ0) is 22.4. The molecule has 0 bridgehead atoms. The lowest BCUT2D eigenvalue weighted by molar-refractivity contribution is -0.137. The maximum absolute atomic E-state index is 13.7. The van der Waals surface area contributed by atoms with Gasteiger partial charge in [-0.05, 0) is 31.4 Å². The Balaban J connectivity index is 2.03. The summed E-state index contributed by atoms with van der Waals surface area (Å²) in [5.41, 5.74) is -1.95. The Morgan fingerprint density at radius 3 is 2.61 bits per heavy atom. The molecule has 13 heteroatoms. The van der Waals surface area contributed by atoms with Gasteiger partial charge in [0, 0.05) is 24.4 Å². The van der Waals surface area contributed by atoms with E-state index in [-0.39, 0.29) is 22.4 Å². The predicted octanol–water partition coefficient (Wildman–Crippen LogP) is 2.88. The summed E-state index contributed by atoms with van der Waals surface area (Å²) in [5.74, 6) is 0. The average Bonchev–Trinajstić information content (AvgIpc) is 3.11. The second kappa shape index (κ2) is 7.54. The SMILES string of the molecule is CS(=O)(=O)c1ncc(C(F)(F)F)c(-c2nn(C3CCCCO3)c3nc(C#N)ccc23)n1. The van der Waals surface area contributed by atoms with Crippen molar-refractivity contribution in [1.29, 1.82) is 5.26 Å². The van der Waals surface area contributed by atoms with Crippen molar-refractivity contribution >= 4 is 20.9 Å². The van der Waals surface area contributed by atoms with Crippen LogP contribution in [0.25, 0.3) is 22.4 Å². The first-order valence-corrected chi connectivity index (χ1v) is 11.0. The Bertz CT molecular complexity index is 1310. The first-order valence-electron chi connectivity index (χ1n) is 9.15. The fraction of sp³-hybridized carbons (Fsp3) is 0.389. The van der Waals surface area contributed by atoms with Gasteiger partial charge in [0.25, 0.3) is 0 Å². The molecular weight excluding hydrogens is 437 g/mol. The van der Waals surface area contributed by atoms with Crippen LogP contribution in [0.2, 0.25) is 0 Å². The molecule has 0 spiro atoms. The van der Waals surface area contributed by atoms with Crippen LogP contribution in [0.15, 0.2) is 23.5 Å². The van der Waals surface area contributed by atoms with E-state index in [2.05, 4.69) is 20.1 Å². The summed E-state index contributed by atoms with van der Waals surface area (Å²) in [5, 5.41) is 12.9. The monoisotopic (exact) mass is 452 g/mol. The summed E-state index contributed by atoms with van der Waals surface area (Å²) in [4.78, 5) is 11.3. The molecule has 1 aliphatic rings. The van der Waals surface area contributed by atoms with E-state index in [1.54, 1.807) is 0 Å². The van der Waals surface area contributed by atoms with E-state index in [4.69, 9.17) is 4.74 Å². The molecule has 0 saturated carbocycles. The number of hydrogen-bond donors (Lipinski definition) is 0. The highest BCUT2D eigenvalue weighted by molar-refractivity contribution is 7.90. The molecule has 0 radical (unpaired) electrons. The number of pyridine rings is 1. The standard InChI is InChI=1S/C18H15F3N6O3S/c1-31(28,29)17-23-9-12(18(19,20)21)15(25-17)14-11-6-5-10(8-22)24-16(11)27(26-14)13-4-2-3-7-30-13/h5-6,9,13H,2-4,7H2,1H3. The number of rotatable bonds is 3. The van der Waals surface area contributed by atoms with Crippen LogP contribution < -0.4 is 0 Å². The summed E-state index contributed by atoms with van der Waals surface area (Å²) < 4.78 is 71.9. The predicted molar refractivity (Wildman–Crippen MR) is 100 cm³/mol. The molecule has 162 valence electrons. The van der Waals surface area contributed by atoms with Crippen molar-refractivity contribution in [3.8, 4) is 17.5 Å². The van der Waals surface area contributed by atoms with Gasteiger partial charge in [-0.25, -0.2) is 28.1 Å². The summed E-state index contributed by atoms with van der Waals surface area (Å²) in [6.07, 6.45) is -2.01. The van der Waals surface area contributed by atoms with Crippen LogP contribution in [-0.4, -0.2) is 46.0 Å². The van der Waals surface area contributed by atoms with Crippen LogP contribution in [-0.2, 0) is 20.8 Å². The number of ether oxygens (including phenoxy) is 1. The van der Waals surface area contributed by atoms with Crippen LogP contribution in [0.3, 0.4) is 0 Å². The smallest absolute Gasteiger partial charge is 0.356 e. The minimum absolute atomic E-state index is 0.0477. The third-order valence-corrected chi connectivity index (χ3v) is 5.59. The lowest BCUT2D eigenvalue weighted by Crippen LogP contribution is -2.19. The lowest BCUT2D eigenvalue weighted by Gasteiger charge is -2.23. The number of alkyl halides is 3. The third kappa shape index (κ3) is 3.96. The quantitative estimate of drug-likeness (QED) is 0.556. The molecule has 4 rings (SSSR count). The van der Waals surface area contributed by atoms with Gasteiger partial charge in [-0.3, -0.25) is 0 Å². The van der Waals surface area contributed by atoms with Crippen LogP contribution in [0.1, 0.15) is 36.7 Å². The van der Waals surface area contributed by atoms with Crippen LogP contribution >= 0.6 is 0 Å². The lowest BCUT2D eigenvalue weighted by atomic mass is 10.1.